The smallest absolute Gasteiger partial charge is 0.274 e. The van der Waals surface area contributed by atoms with Gasteiger partial charge in [-0.15, -0.1) is 0 Å². The molecule has 1 saturated heterocycles. The van der Waals surface area contributed by atoms with E-state index in [2.05, 4.69) is 35.1 Å². The number of nitrogens with zero attached hydrogens (tertiary/aromatic N) is 6. The second-order valence-corrected chi connectivity index (χ2v) is 7.01. The zero-order valence-electron chi connectivity index (χ0n) is 16.5. The van der Waals surface area contributed by atoms with Gasteiger partial charge in [0.2, 0.25) is 5.95 Å². The number of benzene rings is 1. The Labute approximate surface area is 169 Å². The number of hydrogen-bond acceptors (Lipinski definition) is 7. The van der Waals surface area contributed by atoms with E-state index in [4.69, 9.17) is 0 Å². The molecule has 3 heterocycles. The van der Waals surface area contributed by atoms with Gasteiger partial charge in [0.1, 0.15) is 17.8 Å². The fraction of sp³-hybridized carbons (Fsp3) is 0.286. The Balaban J connectivity index is 1.44. The summed E-state index contributed by atoms with van der Waals surface area (Å²) in [7, 11) is 0. The number of aryl methyl sites for hydroxylation is 2. The van der Waals surface area contributed by atoms with E-state index < -0.39 is 0 Å². The number of nitrogens with one attached hydrogen (secondary N) is 1. The minimum absolute atomic E-state index is 0.234. The number of anilines is 3. The van der Waals surface area contributed by atoms with E-state index in [0.29, 0.717) is 5.69 Å². The normalized spacial score (nSPS) is 14.0. The molecule has 0 aliphatic carbocycles. The zero-order valence-corrected chi connectivity index (χ0v) is 16.5. The maximum absolute atomic E-state index is 12.7. The van der Waals surface area contributed by atoms with Crippen molar-refractivity contribution in [2.45, 2.75) is 13.8 Å². The quantitative estimate of drug-likeness (QED) is 0.733. The van der Waals surface area contributed by atoms with Crippen molar-refractivity contribution in [3.05, 3.63) is 65.9 Å². The van der Waals surface area contributed by atoms with Crippen LogP contribution in [-0.4, -0.2) is 52.0 Å². The van der Waals surface area contributed by atoms with E-state index in [1.54, 1.807) is 18.5 Å². The third kappa shape index (κ3) is 4.16. The van der Waals surface area contributed by atoms with Gasteiger partial charge in [0.25, 0.3) is 5.91 Å². The number of carbonyl (C=O) groups is 1. The van der Waals surface area contributed by atoms with Crippen LogP contribution in [-0.2, 0) is 0 Å². The minimum atomic E-state index is -0.234. The van der Waals surface area contributed by atoms with Crippen LogP contribution in [0.5, 0.6) is 0 Å². The predicted octanol–water partition coefficient (Wildman–Crippen LogP) is 2.46. The predicted molar refractivity (Wildman–Crippen MR) is 112 cm³/mol. The molecule has 1 aromatic carbocycles. The topological polar surface area (TPSA) is 87.1 Å². The van der Waals surface area contributed by atoms with Crippen LogP contribution in [0.1, 0.15) is 21.6 Å². The summed E-state index contributed by atoms with van der Waals surface area (Å²) in [5.74, 6) is 1.26. The summed E-state index contributed by atoms with van der Waals surface area (Å²) in [5, 5.41) is 2.98. The maximum Gasteiger partial charge on any atom is 0.274 e. The number of amides is 1. The van der Waals surface area contributed by atoms with Crippen LogP contribution in [0.15, 0.2) is 49.1 Å². The summed E-state index contributed by atoms with van der Waals surface area (Å²) in [6, 6.07) is 9.49. The SMILES string of the molecule is Cc1cccc(C)c1NC(=O)c1cc(N2CCN(c3ncccn3)CC2)ncn1. The molecule has 0 bridgehead atoms. The highest BCUT2D eigenvalue weighted by Gasteiger charge is 2.21. The van der Waals surface area contributed by atoms with Crippen molar-refractivity contribution in [2.24, 2.45) is 0 Å². The molecule has 0 radical (unpaired) electrons. The Kier molecular flexibility index (Phi) is 5.33. The first-order valence-electron chi connectivity index (χ1n) is 9.58. The lowest BCUT2D eigenvalue weighted by molar-refractivity contribution is 0.102. The summed E-state index contributed by atoms with van der Waals surface area (Å²) >= 11 is 0. The Morgan fingerprint density at radius 3 is 2.24 bits per heavy atom. The van der Waals surface area contributed by atoms with Gasteiger partial charge < -0.3 is 15.1 Å². The van der Waals surface area contributed by atoms with Crippen LogP contribution in [0.4, 0.5) is 17.5 Å². The third-order valence-electron chi connectivity index (χ3n) is 5.04. The third-order valence-corrected chi connectivity index (χ3v) is 5.04. The molecule has 0 spiro atoms. The number of para-hydroxylation sites is 1. The Bertz CT molecular complexity index is 981. The molecule has 1 aliphatic heterocycles. The standard InChI is InChI=1S/C21H23N7O/c1-15-5-3-6-16(2)19(15)26-20(29)17-13-18(25-14-24-17)27-9-11-28(12-10-27)21-22-7-4-8-23-21/h3-8,13-14H,9-12H2,1-2H3,(H,26,29). The number of piperazine rings is 1. The average Bonchev–Trinajstić information content (AvgIpc) is 2.77. The average molecular weight is 389 g/mol. The first-order valence-corrected chi connectivity index (χ1v) is 9.58. The Morgan fingerprint density at radius 2 is 1.55 bits per heavy atom. The maximum atomic E-state index is 12.7. The molecular formula is C21H23N7O. The summed E-state index contributed by atoms with van der Waals surface area (Å²) in [6.07, 6.45) is 4.95. The number of aromatic nitrogens is 4. The van der Waals surface area contributed by atoms with Crippen molar-refractivity contribution in [3.63, 3.8) is 0 Å². The fourth-order valence-electron chi connectivity index (χ4n) is 3.42. The summed E-state index contributed by atoms with van der Waals surface area (Å²) < 4.78 is 0. The molecule has 2 aromatic heterocycles. The van der Waals surface area contributed by atoms with E-state index in [9.17, 15) is 4.79 Å². The van der Waals surface area contributed by atoms with Crippen molar-refractivity contribution >= 4 is 23.4 Å². The minimum Gasteiger partial charge on any atom is -0.353 e. The second-order valence-electron chi connectivity index (χ2n) is 7.01. The summed E-state index contributed by atoms with van der Waals surface area (Å²) in [4.78, 5) is 34.2. The highest BCUT2D eigenvalue weighted by Crippen LogP contribution is 2.21. The molecule has 1 aliphatic rings. The van der Waals surface area contributed by atoms with Gasteiger partial charge in [0, 0.05) is 50.3 Å². The molecule has 1 N–H and O–H groups in total. The molecule has 3 aromatic rings. The van der Waals surface area contributed by atoms with Crippen molar-refractivity contribution in [2.75, 3.05) is 41.3 Å². The Morgan fingerprint density at radius 1 is 0.897 bits per heavy atom. The molecule has 4 rings (SSSR count). The van der Waals surface area contributed by atoms with Crippen LogP contribution in [0.25, 0.3) is 0 Å². The first kappa shape index (κ1) is 18.8. The highest BCUT2D eigenvalue weighted by atomic mass is 16.1. The van der Waals surface area contributed by atoms with Gasteiger partial charge in [0.15, 0.2) is 0 Å². The van der Waals surface area contributed by atoms with E-state index in [0.717, 1.165) is 54.8 Å². The first-order chi connectivity index (χ1) is 14.1. The largest absolute Gasteiger partial charge is 0.353 e. The van der Waals surface area contributed by atoms with E-state index in [1.165, 1.54) is 6.33 Å². The molecule has 0 unspecified atom stereocenters. The van der Waals surface area contributed by atoms with E-state index >= 15 is 0 Å². The molecule has 1 amide bonds. The monoisotopic (exact) mass is 389 g/mol. The van der Waals surface area contributed by atoms with Crippen molar-refractivity contribution in [1.82, 2.24) is 19.9 Å². The lowest BCUT2D eigenvalue weighted by Crippen LogP contribution is -2.47. The van der Waals surface area contributed by atoms with Crippen molar-refractivity contribution in [1.29, 1.82) is 0 Å². The molecule has 8 heteroatoms. The van der Waals surface area contributed by atoms with Gasteiger partial charge in [-0.2, -0.15) is 0 Å². The molecule has 148 valence electrons. The zero-order chi connectivity index (χ0) is 20.2. The molecule has 29 heavy (non-hydrogen) atoms. The van der Waals surface area contributed by atoms with Crippen LogP contribution in [0, 0.1) is 13.8 Å². The molecule has 1 fully saturated rings. The van der Waals surface area contributed by atoms with Crippen molar-refractivity contribution in [3.8, 4) is 0 Å². The van der Waals surface area contributed by atoms with Gasteiger partial charge in [-0.3, -0.25) is 4.79 Å². The lowest BCUT2D eigenvalue weighted by atomic mass is 10.1. The molecular weight excluding hydrogens is 366 g/mol. The lowest BCUT2D eigenvalue weighted by Gasteiger charge is -2.35. The molecule has 0 saturated carbocycles. The second kappa shape index (κ2) is 8.22. The highest BCUT2D eigenvalue weighted by molar-refractivity contribution is 6.04. The van der Waals surface area contributed by atoms with Gasteiger partial charge in [-0.25, -0.2) is 19.9 Å². The van der Waals surface area contributed by atoms with Crippen LogP contribution < -0.4 is 15.1 Å². The fourth-order valence-corrected chi connectivity index (χ4v) is 3.42. The number of carbonyl (C=O) groups excluding carboxylic acids is 1. The van der Waals surface area contributed by atoms with Gasteiger partial charge in [0.05, 0.1) is 0 Å². The van der Waals surface area contributed by atoms with Crippen LogP contribution in [0.2, 0.25) is 0 Å². The van der Waals surface area contributed by atoms with Crippen LogP contribution in [0.3, 0.4) is 0 Å². The van der Waals surface area contributed by atoms with E-state index in [1.807, 2.05) is 38.1 Å². The summed E-state index contributed by atoms with van der Waals surface area (Å²) in [6.45, 7) is 7.07. The number of rotatable bonds is 4. The summed E-state index contributed by atoms with van der Waals surface area (Å²) in [5.41, 5.74) is 3.22. The van der Waals surface area contributed by atoms with Gasteiger partial charge in [-0.1, -0.05) is 18.2 Å². The van der Waals surface area contributed by atoms with Gasteiger partial charge >= 0.3 is 0 Å². The van der Waals surface area contributed by atoms with Crippen LogP contribution >= 0.6 is 0 Å². The molecule has 8 nitrogen and oxygen atoms in total. The van der Waals surface area contributed by atoms with Gasteiger partial charge in [-0.05, 0) is 31.0 Å². The number of hydrogen-bond donors (Lipinski definition) is 1. The Hall–Kier alpha value is -3.55. The van der Waals surface area contributed by atoms with Crippen molar-refractivity contribution < 1.29 is 4.79 Å². The molecule has 0 atom stereocenters. The van der Waals surface area contributed by atoms with E-state index in [-0.39, 0.29) is 5.91 Å².